The van der Waals surface area contributed by atoms with Crippen LogP contribution in [0.4, 0.5) is 5.00 Å². The Kier molecular flexibility index (Phi) is 8.25. The molecule has 0 amide bonds. The first kappa shape index (κ1) is 22.1. The van der Waals surface area contributed by atoms with Gasteiger partial charge in [-0.15, -0.1) is 35.3 Å². The van der Waals surface area contributed by atoms with E-state index in [0.717, 1.165) is 64.7 Å². The molecule has 0 bridgehead atoms. The highest BCUT2D eigenvalue weighted by Crippen LogP contribution is 2.31. The highest BCUT2D eigenvalue weighted by molar-refractivity contribution is 14.0. The molecule has 158 valence electrons. The van der Waals surface area contributed by atoms with Crippen molar-refractivity contribution < 1.29 is 4.74 Å². The average Bonchev–Trinajstić information content (AvgIpc) is 3.44. The number of piperazine rings is 1. The maximum Gasteiger partial charge on any atom is 0.193 e. The molecule has 4 rings (SSSR count). The number of nitrogens with zero attached hydrogens (tertiary/aromatic N) is 4. The van der Waals surface area contributed by atoms with Gasteiger partial charge in [0, 0.05) is 58.5 Å². The molecule has 3 saturated heterocycles. The van der Waals surface area contributed by atoms with E-state index in [1.54, 1.807) is 0 Å². The van der Waals surface area contributed by atoms with Gasteiger partial charge < -0.3 is 19.9 Å². The highest BCUT2D eigenvalue weighted by Gasteiger charge is 2.40. The summed E-state index contributed by atoms with van der Waals surface area (Å²) < 4.78 is 5.68. The quantitative estimate of drug-likeness (QED) is 0.377. The summed E-state index contributed by atoms with van der Waals surface area (Å²) in [6.07, 6.45) is 4.93. The lowest BCUT2D eigenvalue weighted by atomic mass is 9.88. The van der Waals surface area contributed by atoms with Gasteiger partial charge in [0.1, 0.15) is 0 Å². The number of aliphatic imine (C=N–C) groups is 1. The minimum atomic E-state index is 0. The predicted molar refractivity (Wildman–Crippen MR) is 128 cm³/mol. The molecular formula is C20H34IN5OS. The van der Waals surface area contributed by atoms with Crippen LogP contribution in [0.1, 0.15) is 25.7 Å². The van der Waals surface area contributed by atoms with Gasteiger partial charge in [-0.2, -0.15) is 0 Å². The van der Waals surface area contributed by atoms with E-state index >= 15 is 0 Å². The van der Waals surface area contributed by atoms with Crippen LogP contribution in [-0.2, 0) is 4.74 Å². The molecule has 1 aromatic rings. The zero-order valence-electron chi connectivity index (χ0n) is 16.9. The highest BCUT2D eigenvalue weighted by atomic mass is 127. The van der Waals surface area contributed by atoms with Crippen molar-refractivity contribution in [3.63, 3.8) is 0 Å². The fraction of sp³-hybridized carbons (Fsp3) is 0.750. The Hall–Kier alpha value is -0.580. The Bertz CT molecular complexity index is 606. The van der Waals surface area contributed by atoms with Crippen molar-refractivity contribution in [2.75, 3.05) is 71.0 Å². The maximum atomic E-state index is 5.68. The smallest absolute Gasteiger partial charge is 0.193 e. The minimum absolute atomic E-state index is 0. The van der Waals surface area contributed by atoms with Crippen molar-refractivity contribution in [3.8, 4) is 0 Å². The Balaban J connectivity index is 0.00000225. The van der Waals surface area contributed by atoms with E-state index < -0.39 is 0 Å². The number of hydrogen-bond donors (Lipinski definition) is 1. The number of nitrogens with one attached hydrogen (secondary N) is 1. The van der Waals surface area contributed by atoms with E-state index in [1.807, 2.05) is 18.4 Å². The van der Waals surface area contributed by atoms with Gasteiger partial charge in [0.15, 0.2) is 5.96 Å². The number of thiophene rings is 1. The Morgan fingerprint density at radius 3 is 2.46 bits per heavy atom. The molecule has 3 aliphatic heterocycles. The van der Waals surface area contributed by atoms with Crippen molar-refractivity contribution in [2.45, 2.75) is 31.2 Å². The van der Waals surface area contributed by atoms with Crippen molar-refractivity contribution in [1.82, 2.24) is 15.1 Å². The van der Waals surface area contributed by atoms with Gasteiger partial charge in [0.05, 0.1) is 5.00 Å². The first-order chi connectivity index (χ1) is 13.3. The molecule has 0 unspecified atom stereocenters. The number of halogens is 1. The maximum absolute atomic E-state index is 5.68. The zero-order chi connectivity index (χ0) is 18.5. The number of guanidine groups is 1. The van der Waals surface area contributed by atoms with E-state index in [9.17, 15) is 0 Å². The lowest BCUT2D eigenvalue weighted by Gasteiger charge is -2.45. The van der Waals surface area contributed by atoms with Gasteiger partial charge in [0.2, 0.25) is 0 Å². The van der Waals surface area contributed by atoms with E-state index in [0.29, 0.717) is 0 Å². The normalized spacial score (nSPS) is 23.5. The van der Waals surface area contributed by atoms with Crippen LogP contribution in [-0.4, -0.2) is 87.4 Å². The van der Waals surface area contributed by atoms with Gasteiger partial charge >= 0.3 is 0 Å². The third kappa shape index (κ3) is 4.94. The molecule has 0 aromatic carbocycles. The van der Waals surface area contributed by atoms with Crippen LogP contribution in [0.15, 0.2) is 22.5 Å². The lowest BCUT2D eigenvalue weighted by molar-refractivity contribution is -0.0166. The zero-order valence-corrected chi connectivity index (χ0v) is 20.1. The molecule has 6 nitrogen and oxygen atoms in total. The molecule has 4 heterocycles. The molecule has 0 radical (unpaired) electrons. The van der Waals surface area contributed by atoms with E-state index in [1.165, 1.54) is 30.9 Å². The second-order valence-corrected chi connectivity index (χ2v) is 8.78. The Labute approximate surface area is 190 Å². The van der Waals surface area contributed by atoms with Gasteiger partial charge in [-0.25, -0.2) is 0 Å². The first-order valence-electron chi connectivity index (χ1n) is 10.4. The van der Waals surface area contributed by atoms with E-state index in [-0.39, 0.29) is 29.5 Å². The summed E-state index contributed by atoms with van der Waals surface area (Å²) in [5.74, 6) is 1.06. The second-order valence-electron chi connectivity index (χ2n) is 7.86. The molecule has 1 aromatic heterocycles. The molecule has 1 N–H and O–H groups in total. The standard InChI is InChI=1S/C20H33N5OS.HI/c1-21-19(24-12-10-23(11-13-24)18-5-4-16-27-18)22-17-20(6-14-26-15-7-20)25-8-2-3-9-25;/h4-5,16H,2-3,6-15,17H2,1H3,(H,21,22);1H. The lowest BCUT2D eigenvalue weighted by Crippen LogP contribution is -2.60. The number of rotatable bonds is 4. The second kappa shape index (κ2) is 10.4. The summed E-state index contributed by atoms with van der Waals surface area (Å²) in [6, 6.07) is 4.36. The van der Waals surface area contributed by atoms with Gasteiger partial charge in [-0.1, -0.05) is 0 Å². The van der Waals surface area contributed by atoms with Crippen LogP contribution in [0.2, 0.25) is 0 Å². The number of hydrogen-bond acceptors (Lipinski definition) is 5. The van der Waals surface area contributed by atoms with Gasteiger partial charge in [-0.3, -0.25) is 9.89 Å². The third-order valence-corrected chi connectivity index (χ3v) is 7.31. The third-order valence-electron chi connectivity index (χ3n) is 6.38. The number of ether oxygens (including phenoxy) is 1. The fourth-order valence-corrected chi connectivity index (χ4v) is 5.50. The van der Waals surface area contributed by atoms with Gasteiger partial charge in [0.25, 0.3) is 0 Å². The van der Waals surface area contributed by atoms with Crippen molar-refractivity contribution in [3.05, 3.63) is 17.5 Å². The van der Waals surface area contributed by atoms with Crippen molar-refractivity contribution in [2.24, 2.45) is 4.99 Å². The van der Waals surface area contributed by atoms with Crippen LogP contribution in [0.3, 0.4) is 0 Å². The molecule has 0 saturated carbocycles. The summed E-state index contributed by atoms with van der Waals surface area (Å²) in [7, 11) is 1.92. The summed E-state index contributed by atoms with van der Waals surface area (Å²) in [5, 5.41) is 7.28. The molecule has 3 aliphatic rings. The topological polar surface area (TPSA) is 43.3 Å². The average molecular weight is 519 g/mol. The van der Waals surface area contributed by atoms with Crippen molar-refractivity contribution in [1.29, 1.82) is 0 Å². The SMILES string of the molecule is CN=C(NCC1(N2CCCC2)CCOCC1)N1CCN(c2cccs2)CC1.I. The van der Waals surface area contributed by atoms with Crippen LogP contribution in [0.25, 0.3) is 0 Å². The molecule has 28 heavy (non-hydrogen) atoms. The number of anilines is 1. The Morgan fingerprint density at radius 2 is 1.86 bits per heavy atom. The molecular weight excluding hydrogens is 485 g/mol. The van der Waals surface area contributed by atoms with E-state index in [2.05, 4.69) is 42.5 Å². The van der Waals surface area contributed by atoms with Crippen LogP contribution < -0.4 is 10.2 Å². The van der Waals surface area contributed by atoms with E-state index in [4.69, 9.17) is 4.74 Å². The van der Waals surface area contributed by atoms with Crippen molar-refractivity contribution >= 4 is 46.3 Å². The minimum Gasteiger partial charge on any atom is -0.381 e. The molecule has 0 aliphatic carbocycles. The summed E-state index contributed by atoms with van der Waals surface area (Å²) in [4.78, 5) is 12.2. The van der Waals surface area contributed by atoms with Crippen LogP contribution in [0.5, 0.6) is 0 Å². The molecule has 0 atom stereocenters. The fourth-order valence-electron chi connectivity index (χ4n) is 4.71. The Morgan fingerprint density at radius 1 is 1.14 bits per heavy atom. The summed E-state index contributed by atoms with van der Waals surface area (Å²) in [5.41, 5.74) is 0.240. The molecule has 8 heteroatoms. The number of likely N-dealkylation sites (tertiary alicyclic amines) is 1. The largest absolute Gasteiger partial charge is 0.381 e. The van der Waals surface area contributed by atoms with Gasteiger partial charge in [-0.05, 0) is 56.3 Å². The predicted octanol–water partition coefficient (Wildman–Crippen LogP) is 2.71. The monoisotopic (exact) mass is 519 g/mol. The van der Waals surface area contributed by atoms with Crippen LogP contribution in [0, 0.1) is 0 Å². The van der Waals surface area contributed by atoms with Crippen LogP contribution >= 0.6 is 35.3 Å². The first-order valence-corrected chi connectivity index (χ1v) is 11.3. The summed E-state index contributed by atoms with van der Waals surface area (Å²) in [6.45, 7) is 9.40. The summed E-state index contributed by atoms with van der Waals surface area (Å²) >= 11 is 1.83. The molecule has 0 spiro atoms. The molecule has 3 fully saturated rings.